The van der Waals surface area contributed by atoms with Crippen LogP contribution < -0.4 is 9.47 Å². The maximum atomic E-state index is 12.2. The van der Waals surface area contributed by atoms with Crippen molar-refractivity contribution in [3.05, 3.63) is 44.3 Å². The average molecular weight is 498 g/mol. The third kappa shape index (κ3) is 3.04. The van der Waals surface area contributed by atoms with E-state index in [2.05, 4.69) is 37.0 Å². The van der Waals surface area contributed by atoms with Crippen LogP contribution in [0.2, 0.25) is 0 Å². The molecule has 140 valence electrons. The molecule has 0 saturated carbocycles. The van der Waals surface area contributed by atoms with E-state index in [-0.39, 0.29) is 34.7 Å². The molecule has 7 nitrogen and oxygen atoms in total. The molecule has 0 bridgehead atoms. The van der Waals surface area contributed by atoms with Crippen molar-refractivity contribution < 1.29 is 24.5 Å². The van der Waals surface area contributed by atoms with Gasteiger partial charge in [0.2, 0.25) is 12.7 Å². The van der Waals surface area contributed by atoms with E-state index in [9.17, 15) is 15.0 Å². The van der Waals surface area contributed by atoms with Gasteiger partial charge < -0.3 is 19.7 Å². The van der Waals surface area contributed by atoms with Gasteiger partial charge in [-0.1, -0.05) is 6.07 Å². The Morgan fingerprint density at radius 3 is 2.67 bits per heavy atom. The van der Waals surface area contributed by atoms with Crippen LogP contribution in [0.15, 0.2) is 38.3 Å². The first-order valence-electron chi connectivity index (χ1n) is 8.04. The molecule has 4 rings (SSSR count). The lowest BCUT2D eigenvalue weighted by molar-refractivity contribution is -0.130. The molecule has 2 aromatic rings. The van der Waals surface area contributed by atoms with Crippen LogP contribution in [0.25, 0.3) is 0 Å². The van der Waals surface area contributed by atoms with E-state index in [1.165, 1.54) is 11.9 Å². The number of ether oxygens (including phenoxy) is 2. The second-order valence-electron chi connectivity index (χ2n) is 6.16. The number of nitrogens with zero attached hydrogens (tertiary/aromatic N) is 2. The van der Waals surface area contributed by atoms with Crippen molar-refractivity contribution in [2.45, 2.75) is 19.4 Å². The number of hydrazone groups is 1. The molecule has 0 aromatic heterocycles. The number of rotatable bonds is 2. The van der Waals surface area contributed by atoms with Gasteiger partial charge in [-0.2, -0.15) is 5.10 Å². The smallest absolute Gasteiger partial charge is 0.240 e. The summed E-state index contributed by atoms with van der Waals surface area (Å²) in [5.74, 6) is 0.831. The van der Waals surface area contributed by atoms with Crippen molar-refractivity contribution in [3.63, 3.8) is 0 Å². The summed E-state index contributed by atoms with van der Waals surface area (Å²) in [7, 11) is 0. The van der Waals surface area contributed by atoms with Gasteiger partial charge in [0.05, 0.1) is 16.2 Å². The first-order valence-corrected chi connectivity index (χ1v) is 9.62. The number of benzene rings is 2. The molecule has 2 N–H and O–H groups in total. The normalized spacial score (nSPS) is 18.0. The zero-order chi connectivity index (χ0) is 19.3. The van der Waals surface area contributed by atoms with E-state index in [1.54, 1.807) is 12.1 Å². The Kier molecular flexibility index (Phi) is 4.51. The minimum atomic E-state index is -0.335. The summed E-state index contributed by atoms with van der Waals surface area (Å²) in [4.78, 5) is 12.2. The second kappa shape index (κ2) is 6.72. The summed E-state index contributed by atoms with van der Waals surface area (Å²) >= 11 is 6.43. The lowest BCUT2D eigenvalue weighted by Gasteiger charge is -2.20. The van der Waals surface area contributed by atoms with E-state index < -0.39 is 0 Å². The quantitative estimate of drug-likeness (QED) is 0.653. The highest BCUT2D eigenvalue weighted by molar-refractivity contribution is 9.11. The average Bonchev–Trinajstić information content (AvgIpc) is 3.29. The Balaban J connectivity index is 1.74. The van der Waals surface area contributed by atoms with Crippen LogP contribution in [0, 0.1) is 0 Å². The predicted octanol–water partition coefficient (Wildman–Crippen LogP) is 4.05. The van der Waals surface area contributed by atoms with Crippen LogP contribution >= 0.6 is 31.9 Å². The molecule has 0 fully saturated rings. The van der Waals surface area contributed by atoms with Crippen LogP contribution in [0.4, 0.5) is 0 Å². The summed E-state index contributed by atoms with van der Waals surface area (Å²) < 4.78 is 11.3. The molecule has 2 heterocycles. The lowest BCUT2D eigenvalue weighted by Crippen LogP contribution is -2.24. The maximum absolute atomic E-state index is 12.2. The van der Waals surface area contributed by atoms with Crippen molar-refractivity contribution in [3.8, 4) is 23.0 Å². The van der Waals surface area contributed by atoms with Gasteiger partial charge in [-0.25, -0.2) is 5.01 Å². The Labute approximate surface area is 171 Å². The fourth-order valence-electron chi connectivity index (χ4n) is 3.16. The van der Waals surface area contributed by atoms with Crippen LogP contribution in [0.5, 0.6) is 23.0 Å². The zero-order valence-corrected chi connectivity index (χ0v) is 17.2. The summed E-state index contributed by atoms with van der Waals surface area (Å²) in [5, 5.41) is 26.2. The molecular formula is C18H14Br2N2O5. The Morgan fingerprint density at radius 2 is 1.93 bits per heavy atom. The number of carbonyl (C=O) groups excluding carboxylic acids is 1. The Morgan fingerprint density at radius 1 is 1.19 bits per heavy atom. The number of carbonyl (C=O) groups is 1. The molecule has 2 aliphatic heterocycles. The third-order valence-electron chi connectivity index (χ3n) is 4.49. The molecule has 0 saturated heterocycles. The Hall–Kier alpha value is -2.26. The number of amides is 1. The topological polar surface area (TPSA) is 91.6 Å². The number of aromatic hydroxyl groups is 2. The molecule has 1 unspecified atom stereocenters. The van der Waals surface area contributed by atoms with Crippen molar-refractivity contribution in [1.82, 2.24) is 5.01 Å². The van der Waals surface area contributed by atoms with E-state index in [4.69, 9.17) is 9.47 Å². The fraction of sp³-hybridized carbons (Fsp3) is 0.222. The predicted molar refractivity (Wildman–Crippen MR) is 104 cm³/mol. The van der Waals surface area contributed by atoms with E-state index in [0.717, 1.165) is 5.56 Å². The standard InChI is InChI=1S/C18H14Br2N2O5/c1-8(23)22-13(9-2-3-14-15(4-9)27-7-26-14)6-12(21-22)10-5-11(19)18(25)16(20)17(10)24/h2-5,13,24-25H,6-7H2,1H3. The van der Waals surface area contributed by atoms with Crippen LogP contribution in [-0.2, 0) is 4.79 Å². The van der Waals surface area contributed by atoms with Gasteiger partial charge in [-0.15, -0.1) is 0 Å². The Bertz CT molecular complexity index is 992. The SMILES string of the molecule is CC(=O)N1N=C(c2cc(Br)c(O)c(Br)c2O)CC1c1ccc2c(c1)OCO2. The van der Waals surface area contributed by atoms with Crippen LogP contribution in [0.1, 0.15) is 30.5 Å². The van der Waals surface area contributed by atoms with Gasteiger partial charge in [-0.05, 0) is 55.6 Å². The van der Waals surface area contributed by atoms with Crippen molar-refractivity contribution in [2.24, 2.45) is 5.10 Å². The summed E-state index contributed by atoms with van der Waals surface area (Å²) in [5.41, 5.74) is 1.82. The first-order chi connectivity index (χ1) is 12.9. The first kappa shape index (κ1) is 18.1. The summed E-state index contributed by atoms with van der Waals surface area (Å²) in [6.07, 6.45) is 0.399. The molecule has 1 amide bonds. The summed E-state index contributed by atoms with van der Waals surface area (Å²) in [6, 6.07) is 6.75. The molecule has 2 aliphatic rings. The number of hydrogen-bond donors (Lipinski definition) is 2. The van der Waals surface area contributed by atoms with E-state index in [1.807, 2.05) is 12.1 Å². The molecule has 2 aromatic carbocycles. The molecule has 0 aliphatic carbocycles. The van der Waals surface area contributed by atoms with Crippen molar-refractivity contribution >= 4 is 43.5 Å². The highest BCUT2D eigenvalue weighted by Gasteiger charge is 2.34. The van der Waals surface area contributed by atoms with E-state index >= 15 is 0 Å². The largest absolute Gasteiger partial charge is 0.506 e. The van der Waals surface area contributed by atoms with Crippen molar-refractivity contribution in [1.29, 1.82) is 0 Å². The maximum Gasteiger partial charge on any atom is 0.240 e. The van der Waals surface area contributed by atoms with Gasteiger partial charge in [0.15, 0.2) is 11.5 Å². The van der Waals surface area contributed by atoms with Crippen LogP contribution in [-0.4, -0.2) is 33.6 Å². The molecule has 1 atom stereocenters. The van der Waals surface area contributed by atoms with Gasteiger partial charge in [0.1, 0.15) is 16.0 Å². The number of halogens is 2. The monoisotopic (exact) mass is 496 g/mol. The van der Waals surface area contributed by atoms with Gasteiger partial charge in [0, 0.05) is 18.9 Å². The number of fused-ring (bicyclic) bond motifs is 1. The molecule has 27 heavy (non-hydrogen) atoms. The molecule has 0 radical (unpaired) electrons. The van der Waals surface area contributed by atoms with Crippen LogP contribution in [0.3, 0.4) is 0 Å². The highest BCUT2D eigenvalue weighted by atomic mass is 79.9. The lowest BCUT2D eigenvalue weighted by atomic mass is 9.97. The van der Waals surface area contributed by atoms with Crippen molar-refractivity contribution in [2.75, 3.05) is 6.79 Å². The second-order valence-corrected chi connectivity index (χ2v) is 7.81. The minimum absolute atomic E-state index is 0.106. The molecular weight excluding hydrogens is 484 g/mol. The third-order valence-corrected chi connectivity index (χ3v) is 5.85. The fourth-order valence-corrected chi connectivity index (χ4v) is 4.28. The van der Waals surface area contributed by atoms with E-state index in [0.29, 0.717) is 33.7 Å². The summed E-state index contributed by atoms with van der Waals surface area (Å²) in [6.45, 7) is 1.61. The highest BCUT2D eigenvalue weighted by Crippen LogP contribution is 2.44. The molecule has 0 spiro atoms. The van der Waals surface area contributed by atoms with Gasteiger partial charge in [-0.3, -0.25) is 4.79 Å². The van der Waals surface area contributed by atoms with Gasteiger partial charge >= 0.3 is 0 Å². The number of phenolic OH excluding ortho intramolecular Hbond substituents is 2. The number of hydrogen-bond acceptors (Lipinski definition) is 6. The minimum Gasteiger partial charge on any atom is -0.506 e. The number of phenols is 2. The molecule has 9 heteroatoms. The van der Waals surface area contributed by atoms with Gasteiger partial charge in [0.25, 0.3) is 0 Å². The zero-order valence-electron chi connectivity index (χ0n) is 14.1.